The van der Waals surface area contributed by atoms with Crippen LogP contribution in [0.15, 0.2) is 82.1 Å². The van der Waals surface area contributed by atoms with Crippen molar-refractivity contribution in [3.63, 3.8) is 0 Å². The molecule has 2 fully saturated rings. The van der Waals surface area contributed by atoms with E-state index in [1.165, 1.54) is 29.0 Å². The Bertz CT molecular complexity index is 2800. The molecule has 2 saturated heterocycles. The lowest BCUT2D eigenvalue weighted by atomic mass is 9.70. The summed E-state index contributed by atoms with van der Waals surface area (Å²) in [4.78, 5) is 77.0. The number of fused-ring (bicyclic) bond motifs is 8. The smallest absolute Gasteiger partial charge is 0.340 e. The fourth-order valence-electron chi connectivity index (χ4n) is 9.26. The van der Waals surface area contributed by atoms with Crippen molar-refractivity contribution in [2.24, 2.45) is 0 Å². The van der Waals surface area contributed by atoms with Crippen LogP contribution >= 0.6 is 23.5 Å². The number of nitrogen functional groups attached to an aromatic ring is 1. The third-order valence-electron chi connectivity index (χ3n) is 11.8. The van der Waals surface area contributed by atoms with Crippen LogP contribution in [0.1, 0.15) is 31.8 Å². The van der Waals surface area contributed by atoms with Crippen molar-refractivity contribution in [1.82, 2.24) is 19.8 Å². The molecule has 5 aliphatic rings. The fraction of sp³-hybridized carbons (Fsp3) is 0.231. The highest BCUT2D eigenvalue weighted by molar-refractivity contribution is 8.01. The SMILES string of the molecule is CS[C@@]1(CO)C(=O)N2[C@H]3N(c4ccc5oc6cc(=O)c(N)c(C(=O)O)c-6nc5c4C(=O)O)c4ccccc4[C@@]3(c3c[nH]c4ccccc34)[C@H](O)[C@]2(SC)C(=O)N1C. The Kier molecular flexibility index (Phi) is 7.83. The summed E-state index contributed by atoms with van der Waals surface area (Å²) in [5.74, 6) is -4.71. The van der Waals surface area contributed by atoms with E-state index in [0.717, 1.165) is 29.6 Å². The molecule has 0 saturated carbocycles. The number of anilines is 3. The quantitative estimate of drug-likeness (QED) is 0.100. The average Bonchev–Trinajstić information content (AvgIpc) is 3.83. The van der Waals surface area contributed by atoms with Gasteiger partial charge in [-0.25, -0.2) is 14.6 Å². The predicted molar refractivity (Wildman–Crippen MR) is 212 cm³/mol. The number of aromatic nitrogens is 2. The van der Waals surface area contributed by atoms with E-state index in [9.17, 15) is 34.8 Å². The molecule has 16 nitrogen and oxygen atoms in total. The van der Waals surface area contributed by atoms with Crippen LogP contribution in [0.25, 0.3) is 33.5 Å². The van der Waals surface area contributed by atoms with E-state index in [1.54, 1.807) is 47.9 Å². The van der Waals surface area contributed by atoms with E-state index in [0.29, 0.717) is 27.7 Å². The summed E-state index contributed by atoms with van der Waals surface area (Å²) >= 11 is 1.91. The number of H-pyrrole nitrogens is 1. The molecule has 2 amide bonds. The van der Waals surface area contributed by atoms with Crippen molar-refractivity contribution in [3.8, 4) is 11.5 Å². The van der Waals surface area contributed by atoms with Crippen molar-refractivity contribution in [3.05, 3.63) is 105 Å². The largest absolute Gasteiger partial charge is 0.478 e. The summed E-state index contributed by atoms with van der Waals surface area (Å²) < 4.78 is 5.94. The molecule has 4 aromatic rings. The minimum absolute atomic E-state index is 0.0523. The topological polar surface area (TPSA) is 244 Å². The maximum Gasteiger partial charge on any atom is 0.340 e. The van der Waals surface area contributed by atoms with Crippen molar-refractivity contribution < 1.29 is 44.0 Å². The monoisotopic (exact) mass is 808 g/mol. The molecular formula is C39H32N6O10S2. The fourth-order valence-corrected chi connectivity index (χ4v) is 11.1. The van der Waals surface area contributed by atoms with Crippen molar-refractivity contribution >= 4 is 86.3 Å². The third-order valence-corrected chi connectivity index (χ3v) is 14.3. The Morgan fingerprint density at radius 2 is 1.63 bits per heavy atom. The van der Waals surface area contributed by atoms with Crippen LogP contribution in [-0.4, -0.2) is 112 Å². The van der Waals surface area contributed by atoms with Gasteiger partial charge in [-0.1, -0.05) is 36.4 Å². The number of nitrogens with one attached hydrogen (secondary N) is 1. The number of likely N-dealkylation sites (N-methyl/N-ethyl adjacent to an activating group) is 1. The molecule has 18 heteroatoms. The number of carbonyl (C=O) groups is 4. The van der Waals surface area contributed by atoms with Gasteiger partial charge in [0.1, 0.15) is 34.6 Å². The number of hydrogen-bond acceptors (Lipinski definition) is 13. The molecule has 7 N–H and O–H groups in total. The molecule has 4 aliphatic heterocycles. The predicted octanol–water partition coefficient (Wildman–Crippen LogP) is 3.30. The minimum atomic E-state index is -2.01. The molecule has 9 rings (SSSR count). The standard InChI is InChI=1S/C39H32N6O10S2/c1-43-36(54)39(57-3)33(52)38(19-15-41-20-10-6-4-8-17(19)20)18-9-5-7-11-21(18)44(34(38)45(39)35(53)37(43,16-46)56-2)22-12-13-24-29(26(22)31(48)49)42-30-25(55-24)14-23(47)28(40)27(30)32(50)51/h4-15,33-34,41,46,52H,16,40H2,1-3H3,(H,48,49)(H,50,51)/t33-,34+,37-,38+,39-/m0/s1. The first-order chi connectivity index (χ1) is 27.3. The van der Waals surface area contributed by atoms with E-state index in [2.05, 4.69) is 9.97 Å². The molecular weight excluding hydrogens is 777 g/mol. The Hall–Kier alpha value is -6.08. The second-order valence-corrected chi connectivity index (χ2v) is 16.1. The average molecular weight is 809 g/mol. The number of aromatic amines is 1. The molecule has 5 atom stereocenters. The molecule has 0 unspecified atom stereocenters. The maximum absolute atomic E-state index is 15.4. The normalized spacial score (nSPS) is 25.4. The molecule has 1 aromatic heterocycles. The zero-order valence-electron chi connectivity index (χ0n) is 30.2. The number of hydrogen-bond donors (Lipinski definition) is 6. The first-order valence-corrected chi connectivity index (χ1v) is 19.9. The Morgan fingerprint density at radius 1 is 0.930 bits per heavy atom. The summed E-state index contributed by atoms with van der Waals surface area (Å²) in [5.41, 5.74) is 2.85. The first-order valence-electron chi connectivity index (χ1n) is 17.4. The summed E-state index contributed by atoms with van der Waals surface area (Å²) in [5, 5.41) is 46.0. The lowest BCUT2D eigenvalue weighted by molar-refractivity contribution is -0.169. The van der Waals surface area contributed by atoms with Crippen LogP contribution in [0, 0.1) is 0 Å². The molecule has 290 valence electrons. The Morgan fingerprint density at radius 3 is 2.32 bits per heavy atom. The van der Waals surface area contributed by atoms with Crippen LogP contribution in [0.3, 0.4) is 0 Å². The van der Waals surface area contributed by atoms with E-state index < -0.39 is 80.0 Å². The van der Waals surface area contributed by atoms with Crippen molar-refractivity contribution in [2.45, 2.75) is 27.4 Å². The first kappa shape index (κ1) is 36.6. The molecule has 0 bridgehead atoms. The van der Waals surface area contributed by atoms with Crippen molar-refractivity contribution in [1.29, 1.82) is 0 Å². The summed E-state index contributed by atoms with van der Waals surface area (Å²) in [6, 6.07) is 18.1. The van der Waals surface area contributed by atoms with E-state index in [4.69, 9.17) is 10.2 Å². The van der Waals surface area contributed by atoms with Gasteiger partial charge in [-0.15, -0.1) is 23.5 Å². The molecule has 3 aromatic carbocycles. The number of carboxylic acids is 2. The zero-order chi connectivity index (χ0) is 40.5. The van der Waals surface area contributed by atoms with Crippen LogP contribution in [-0.2, 0) is 15.0 Å². The van der Waals surface area contributed by atoms with E-state index in [-0.39, 0.29) is 28.2 Å². The number of nitrogens with two attached hydrogens (primary N) is 1. The number of para-hydroxylation sites is 2. The summed E-state index contributed by atoms with van der Waals surface area (Å²) in [6.45, 7) is -0.777. The Balaban J connectivity index is 1.44. The number of benzene rings is 4. The number of amides is 2. The van der Waals surface area contributed by atoms with Gasteiger partial charge in [0.05, 0.1) is 23.4 Å². The number of nitrogens with zero attached hydrogens (tertiary/aromatic N) is 4. The van der Waals surface area contributed by atoms with Gasteiger partial charge in [-0.3, -0.25) is 19.3 Å². The van der Waals surface area contributed by atoms with Gasteiger partial charge in [0.2, 0.25) is 5.43 Å². The summed E-state index contributed by atoms with van der Waals surface area (Å²) in [7, 11) is 1.41. The van der Waals surface area contributed by atoms with Gasteiger partial charge in [0, 0.05) is 35.9 Å². The zero-order valence-corrected chi connectivity index (χ0v) is 31.8. The number of thioether (sulfide) groups is 2. The van der Waals surface area contributed by atoms with E-state index >= 15 is 9.59 Å². The molecule has 1 aliphatic carbocycles. The number of piperazine rings is 1. The summed E-state index contributed by atoms with van der Waals surface area (Å²) in [6.07, 6.45) is 1.86. The molecule has 0 spiro atoms. The van der Waals surface area contributed by atoms with Gasteiger partial charge in [0.15, 0.2) is 21.1 Å². The van der Waals surface area contributed by atoms with Gasteiger partial charge < -0.3 is 45.4 Å². The van der Waals surface area contributed by atoms with Gasteiger partial charge >= 0.3 is 11.9 Å². The highest BCUT2D eigenvalue weighted by atomic mass is 32.2. The number of carbonyl (C=O) groups excluding carboxylic acids is 2. The second kappa shape index (κ2) is 12.2. The van der Waals surface area contributed by atoms with Gasteiger partial charge in [-0.05, 0) is 47.9 Å². The molecule has 5 heterocycles. The van der Waals surface area contributed by atoms with E-state index in [1.807, 2.05) is 24.3 Å². The highest BCUT2D eigenvalue weighted by Crippen LogP contribution is 2.67. The highest BCUT2D eigenvalue weighted by Gasteiger charge is 2.80. The lowest BCUT2D eigenvalue weighted by Gasteiger charge is -2.54. The maximum atomic E-state index is 15.4. The van der Waals surface area contributed by atoms with Crippen LogP contribution < -0.4 is 16.1 Å². The lowest BCUT2D eigenvalue weighted by Crippen LogP contribution is -2.76. The number of rotatable bonds is 7. The number of aromatic carboxylic acids is 2. The number of aliphatic hydroxyl groups excluding tert-OH is 2. The molecule has 57 heavy (non-hydrogen) atoms. The third kappa shape index (κ3) is 4.21. The molecule has 0 radical (unpaired) electrons. The van der Waals surface area contributed by atoms with Crippen LogP contribution in [0.5, 0.6) is 0 Å². The number of aliphatic hydroxyl groups is 2. The van der Waals surface area contributed by atoms with Crippen LogP contribution in [0.4, 0.5) is 17.1 Å². The van der Waals surface area contributed by atoms with Crippen molar-refractivity contribution in [2.75, 3.05) is 36.8 Å². The van der Waals surface area contributed by atoms with Gasteiger partial charge in [0.25, 0.3) is 11.8 Å². The minimum Gasteiger partial charge on any atom is -0.478 e. The second-order valence-electron chi connectivity index (χ2n) is 14.0. The van der Waals surface area contributed by atoms with Crippen LogP contribution in [0.2, 0.25) is 0 Å². The Labute approximate surface area is 330 Å². The number of carboxylic acid groups (broad SMARTS) is 2. The van der Waals surface area contributed by atoms with Gasteiger partial charge in [-0.2, -0.15) is 0 Å².